The molecule has 4 heteroatoms. The van der Waals surface area contributed by atoms with Crippen LogP contribution in [0.3, 0.4) is 0 Å². The van der Waals surface area contributed by atoms with Crippen LogP contribution in [0.5, 0.6) is 0 Å². The zero-order chi connectivity index (χ0) is 15.3. The molecular weight excluding hydrogens is 267 g/mol. The molecule has 116 valence electrons. The van der Waals surface area contributed by atoms with Gasteiger partial charge in [0, 0.05) is 25.7 Å². The maximum atomic E-state index is 13.7. The Bertz CT molecular complexity index is 481. The number of carbonyl (C=O) groups excluding carboxylic acids is 1. The number of nitrogens with zero attached hydrogens (tertiary/aromatic N) is 1. The van der Waals surface area contributed by atoms with Gasteiger partial charge in [0.05, 0.1) is 5.41 Å². The average Bonchev–Trinajstić information content (AvgIpc) is 2.75. The SMILES string of the molecule is CN(Cc1ccccc1F)C(=O)C1(CN)CCCCCC1. The van der Waals surface area contributed by atoms with Gasteiger partial charge in [-0.15, -0.1) is 0 Å². The molecule has 21 heavy (non-hydrogen) atoms. The van der Waals surface area contributed by atoms with Gasteiger partial charge in [0.25, 0.3) is 0 Å². The molecule has 0 radical (unpaired) electrons. The van der Waals surface area contributed by atoms with Gasteiger partial charge < -0.3 is 10.6 Å². The molecule has 1 aliphatic carbocycles. The smallest absolute Gasteiger partial charge is 0.230 e. The van der Waals surface area contributed by atoms with E-state index < -0.39 is 5.41 Å². The number of nitrogens with two attached hydrogens (primary N) is 1. The zero-order valence-corrected chi connectivity index (χ0v) is 12.8. The summed E-state index contributed by atoms with van der Waals surface area (Å²) in [6.45, 7) is 0.681. The van der Waals surface area contributed by atoms with Crippen LogP contribution in [0.15, 0.2) is 24.3 Å². The quantitative estimate of drug-likeness (QED) is 0.867. The van der Waals surface area contributed by atoms with Crippen LogP contribution < -0.4 is 5.73 Å². The largest absolute Gasteiger partial charge is 0.341 e. The summed E-state index contributed by atoms with van der Waals surface area (Å²) in [5.41, 5.74) is 6.05. The number of halogens is 1. The molecule has 0 spiro atoms. The Morgan fingerprint density at radius 3 is 2.43 bits per heavy atom. The van der Waals surface area contributed by atoms with Crippen molar-refractivity contribution in [2.75, 3.05) is 13.6 Å². The fourth-order valence-electron chi connectivity index (χ4n) is 3.27. The van der Waals surface area contributed by atoms with Gasteiger partial charge >= 0.3 is 0 Å². The maximum Gasteiger partial charge on any atom is 0.230 e. The predicted octanol–water partition coefficient (Wildman–Crippen LogP) is 3.08. The summed E-state index contributed by atoms with van der Waals surface area (Å²) in [5, 5.41) is 0. The van der Waals surface area contributed by atoms with E-state index in [1.165, 1.54) is 18.9 Å². The van der Waals surface area contributed by atoms with Crippen LogP contribution in [0, 0.1) is 11.2 Å². The van der Waals surface area contributed by atoms with Crippen LogP contribution >= 0.6 is 0 Å². The molecule has 0 saturated heterocycles. The molecule has 0 aromatic heterocycles. The number of amides is 1. The van der Waals surface area contributed by atoms with Crippen LogP contribution in [-0.4, -0.2) is 24.4 Å². The van der Waals surface area contributed by atoms with Gasteiger partial charge in [-0.1, -0.05) is 43.9 Å². The lowest BCUT2D eigenvalue weighted by Gasteiger charge is -2.34. The van der Waals surface area contributed by atoms with Gasteiger partial charge in [0.2, 0.25) is 5.91 Å². The molecule has 1 fully saturated rings. The molecule has 0 atom stereocenters. The molecule has 0 unspecified atom stereocenters. The molecule has 2 rings (SSSR count). The van der Waals surface area contributed by atoms with Gasteiger partial charge in [-0.3, -0.25) is 4.79 Å². The summed E-state index contributed by atoms with van der Waals surface area (Å²) in [6, 6.07) is 6.60. The molecule has 1 aromatic rings. The molecule has 3 nitrogen and oxygen atoms in total. The van der Waals surface area contributed by atoms with E-state index in [0.29, 0.717) is 18.7 Å². The van der Waals surface area contributed by atoms with Crippen molar-refractivity contribution in [1.29, 1.82) is 0 Å². The highest BCUT2D eigenvalue weighted by molar-refractivity contribution is 5.82. The highest BCUT2D eigenvalue weighted by Crippen LogP contribution is 2.36. The van der Waals surface area contributed by atoms with Crippen LogP contribution in [0.2, 0.25) is 0 Å². The lowest BCUT2D eigenvalue weighted by atomic mass is 9.79. The second-order valence-electron chi connectivity index (χ2n) is 6.15. The lowest BCUT2D eigenvalue weighted by Crippen LogP contribution is -2.46. The molecule has 1 aromatic carbocycles. The Balaban J connectivity index is 2.11. The summed E-state index contributed by atoms with van der Waals surface area (Å²) < 4.78 is 13.7. The van der Waals surface area contributed by atoms with Gasteiger partial charge in [-0.2, -0.15) is 0 Å². The van der Waals surface area contributed by atoms with Crippen molar-refractivity contribution in [1.82, 2.24) is 4.90 Å². The van der Waals surface area contributed by atoms with E-state index in [1.807, 2.05) is 0 Å². The van der Waals surface area contributed by atoms with Crippen molar-refractivity contribution in [3.63, 3.8) is 0 Å². The topological polar surface area (TPSA) is 46.3 Å². The molecule has 2 N–H and O–H groups in total. The third kappa shape index (κ3) is 3.62. The van der Waals surface area contributed by atoms with Gasteiger partial charge in [0.15, 0.2) is 0 Å². The molecule has 1 saturated carbocycles. The number of hydrogen-bond acceptors (Lipinski definition) is 2. The van der Waals surface area contributed by atoms with Crippen molar-refractivity contribution >= 4 is 5.91 Å². The van der Waals surface area contributed by atoms with Crippen molar-refractivity contribution in [2.24, 2.45) is 11.1 Å². The molecule has 0 aliphatic heterocycles. The average molecular weight is 292 g/mol. The predicted molar refractivity (Wildman–Crippen MR) is 82.1 cm³/mol. The van der Waals surface area contributed by atoms with Gasteiger partial charge in [0.1, 0.15) is 5.82 Å². The standard InChI is InChI=1S/C17H25FN2O/c1-20(12-14-8-4-5-9-15(14)18)16(21)17(13-19)10-6-2-3-7-11-17/h4-5,8-9H,2-3,6-7,10-13,19H2,1H3. The minimum absolute atomic E-state index is 0.0650. The van der Waals surface area contributed by atoms with E-state index >= 15 is 0 Å². The third-order valence-electron chi connectivity index (χ3n) is 4.62. The van der Waals surface area contributed by atoms with Crippen LogP contribution in [0.4, 0.5) is 4.39 Å². The van der Waals surface area contributed by atoms with Crippen molar-refractivity contribution in [2.45, 2.75) is 45.1 Å². The first-order valence-electron chi connectivity index (χ1n) is 7.78. The van der Waals surface area contributed by atoms with E-state index in [4.69, 9.17) is 5.73 Å². The molecule has 1 aliphatic rings. The molecule has 0 bridgehead atoms. The molecular formula is C17H25FN2O. The highest BCUT2D eigenvalue weighted by Gasteiger charge is 2.39. The number of carbonyl (C=O) groups is 1. The maximum absolute atomic E-state index is 13.7. The van der Waals surface area contributed by atoms with Crippen LogP contribution in [-0.2, 0) is 11.3 Å². The Labute approximate surface area is 126 Å². The Kier molecular flexibility index (Phi) is 5.34. The minimum Gasteiger partial charge on any atom is -0.341 e. The first kappa shape index (κ1) is 16.0. The Morgan fingerprint density at radius 1 is 1.24 bits per heavy atom. The van der Waals surface area contributed by atoms with Crippen LogP contribution in [0.25, 0.3) is 0 Å². The van der Waals surface area contributed by atoms with E-state index in [-0.39, 0.29) is 11.7 Å². The summed E-state index contributed by atoms with van der Waals surface area (Å²) in [4.78, 5) is 14.5. The lowest BCUT2D eigenvalue weighted by molar-refractivity contribution is -0.141. The number of benzene rings is 1. The first-order chi connectivity index (χ1) is 10.1. The molecule has 1 amide bonds. The number of hydrogen-bond donors (Lipinski definition) is 1. The highest BCUT2D eigenvalue weighted by atomic mass is 19.1. The summed E-state index contributed by atoms with van der Waals surface area (Å²) in [6.07, 6.45) is 6.15. The summed E-state index contributed by atoms with van der Waals surface area (Å²) >= 11 is 0. The third-order valence-corrected chi connectivity index (χ3v) is 4.62. The van der Waals surface area contributed by atoms with Crippen molar-refractivity contribution < 1.29 is 9.18 Å². The van der Waals surface area contributed by atoms with E-state index in [0.717, 1.165) is 25.7 Å². The molecule has 0 heterocycles. The fourth-order valence-corrected chi connectivity index (χ4v) is 3.27. The van der Waals surface area contributed by atoms with Crippen LogP contribution in [0.1, 0.15) is 44.1 Å². The fraction of sp³-hybridized carbons (Fsp3) is 0.588. The monoisotopic (exact) mass is 292 g/mol. The van der Waals surface area contributed by atoms with Gasteiger partial charge in [-0.05, 0) is 18.9 Å². The van der Waals surface area contributed by atoms with Crippen molar-refractivity contribution in [3.05, 3.63) is 35.6 Å². The van der Waals surface area contributed by atoms with Crippen molar-refractivity contribution in [3.8, 4) is 0 Å². The second kappa shape index (κ2) is 7.03. The summed E-state index contributed by atoms with van der Waals surface area (Å²) in [5.74, 6) is -0.199. The Morgan fingerprint density at radius 2 is 1.86 bits per heavy atom. The number of rotatable bonds is 4. The minimum atomic E-state index is -0.448. The van der Waals surface area contributed by atoms with E-state index in [9.17, 15) is 9.18 Å². The Hall–Kier alpha value is -1.42. The summed E-state index contributed by atoms with van der Waals surface area (Å²) in [7, 11) is 1.75. The van der Waals surface area contributed by atoms with E-state index in [2.05, 4.69) is 0 Å². The van der Waals surface area contributed by atoms with Gasteiger partial charge in [-0.25, -0.2) is 4.39 Å². The zero-order valence-electron chi connectivity index (χ0n) is 12.8. The first-order valence-corrected chi connectivity index (χ1v) is 7.78. The normalized spacial score (nSPS) is 18.0. The second-order valence-corrected chi connectivity index (χ2v) is 6.15. The van der Waals surface area contributed by atoms with E-state index in [1.54, 1.807) is 30.1 Å².